The van der Waals surface area contributed by atoms with Crippen LogP contribution in [0.4, 0.5) is 0 Å². The van der Waals surface area contributed by atoms with Crippen molar-refractivity contribution >= 4 is 5.91 Å². The van der Waals surface area contributed by atoms with Crippen LogP contribution in [0.1, 0.15) is 32.4 Å². The molecular weight excluding hydrogens is 214 g/mol. The summed E-state index contributed by atoms with van der Waals surface area (Å²) in [5.41, 5.74) is 6.85. The van der Waals surface area contributed by atoms with Crippen LogP contribution in [0.3, 0.4) is 0 Å². The van der Waals surface area contributed by atoms with Gasteiger partial charge in [-0.25, -0.2) is 0 Å². The summed E-state index contributed by atoms with van der Waals surface area (Å²) in [6.45, 7) is 4.91. The first-order valence-corrected chi connectivity index (χ1v) is 6.17. The molecule has 1 aliphatic rings. The van der Waals surface area contributed by atoms with E-state index in [4.69, 9.17) is 5.73 Å². The van der Waals surface area contributed by atoms with E-state index in [-0.39, 0.29) is 17.5 Å². The molecule has 1 amide bonds. The molecular formula is C13H21N3O. The van der Waals surface area contributed by atoms with Gasteiger partial charge in [0.2, 0.25) is 5.91 Å². The Morgan fingerprint density at radius 2 is 2.41 bits per heavy atom. The number of aromatic amines is 1. The van der Waals surface area contributed by atoms with Gasteiger partial charge in [0.15, 0.2) is 0 Å². The van der Waals surface area contributed by atoms with Gasteiger partial charge < -0.3 is 15.6 Å². The Kier molecular flexibility index (Phi) is 3.24. The Balaban J connectivity index is 2.06. The smallest absolute Gasteiger partial charge is 0.228 e. The summed E-state index contributed by atoms with van der Waals surface area (Å²) < 4.78 is 0. The second-order valence-corrected chi connectivity index (χ2v) is 5.49. The van der Waals surface area contributed by atoms with Crippen molar-refractivity contribution in [1.29, 1.82) is 0 Å². The molecule has 0 aromatic carbocycles. The number of nitrogens with zero attached hydrogens (tertiary/aromatic N) is 1. The minimum atomic E-state index is -0.0699. The highest BCUT2D eigenvalue weighted by atomic mass is 16.2. The monoisotopic (exact) mass is 235 g/mol. The molecule has 0 saturated carbocycles. The fourth-order valence-corrected chi connectivity index (χ4v) is 2.42. The van der Waals surface area contributed by atoms with Gasteiger partial charge in [0, 0.05) is 30.0 Å². The number of likely N-dealkylation sites (tertiary alicyclic amines) is 1. The summed E-state index contributed by atoms with van der Waals surface area (Å²) in [5, 5.41) is 0. The van der Waals surface area contributed by atoms with E-state index in [2.05, 4.69) is 18.8 Å². The SMILES string of the molecule is CC1(C)CCC(N)CN1C(=O)Cc1ccc[nH]1. The molecule has 17 heavy (non-hydrogen) atoms. The van der Waals surface area contributed by atoms with Gasteiger partial charge >= 0.3 is 0 Å². The lowest BCUT2D eigenvalue weighted by Crippen LogP contribution is -2.57. The predicted octanol–water partition coefficient (Wildman–Crippen LogP) is 1.29. The summed E-state index contributed by atoms with van der Waals surface area (Å²) in [7, 11) is 0. The number of nitrogens with two attached hydrogens (primary N) is 1. The molecule has 0 radical (unpaired) electrons. The predicted molar refractivity (Wildman–Crippen MR) is 67.5 cm³/mol. The minimum absolute atomic E-state index is 0.0699. The zero-order valence-corrected chi connectivity index (χ0v) is 10.6. The van der Waals surface area contributed by atoms with E-state index in [1.165, 1.54) is 0 Å². The van der Waals surface area contributed by atoms with Gasteiger partial charge in [0.1, 0.15) is 0 Å². The van der Waals surface area contributed by atoms with Crippen LogP contribution in [0, 0.1) is 0 Å². The number of piperidine rings is 1. The lowest BCUT2D eigenvalue weighted by atomic mass is 9.88. The van der Waals surface area contributed by atoms with Gasteiger partial charge in [-0.2, -0.15) is 0 Å². The summed E-state index contributed by atoms with van der Waals surface area (Å²) >= 11 is 0. The molecule has 0 aliphatic carbocycles. The number of hydrogen-bond acceptors (Lipinski definition) is 2. The van der Waals surface area contributed by atoms with Crippen LogP contribution in [0.5, 0.6) is 0 Å². The molecule has 2 heterocycles. The van der Waals surface area contributed by atoms with Crippen LogP contribution in [0.25, 0.3) is 0 Å². The standard InChI is InChI=1S/C13H21N3O/c1-13(2)6-5-10(14)9-16(13)12(17)8-11-4-3-7-15-11/h3-4,7,10,15H,5-6,8-9,14H2,1-2H3. The summed E-state index contributed by atoms with van der Waals surface area (Å²) in [6, 6.07) is 3.97. The Labute approximate surface area is 102 Å². The molecule has 4 heteroatoms. The second kappa shape index (κ2) is 4.53. The van der Waals surface area contributed by atoms with Crippen LogP contribution in [-0.4, -0.2) is 33.9 Å². The third-order valence-corrected chi connectivity index (χ3v) is 3.58. The Bertz CT molecular complexity index is 383. The van der Waals surface area contributed by atoms with Crippen molar-refractivity contribution in [1.82, 2.24) is 9.88 Å². The molecule has 1 atom stereocenters. The van der Waals surface area contributed by atoms with Crippen LogP contribution < -0.4 is 5.73 Å². The van der Waals surface area contributed by atoms with E-state index >= 15 is 0 Å². The van der Waals surface area contributed by atoms with E-state index in [0.717, 1.165) is 18.5 Å². The molecule has 1 unspecified atom stereocenters. The van der Waals surface area contributed by atoms with Crippen molar-refractivity contribution in [2.45, 2.75) is 44.7 Å². The lowest BCUT2D eigenvalue weighted by molar-refractivity contribution is -0.138. The van der Waals surface area contributed by atoms with Gasteiger partial charge in [-0.3, -0.25) is 4.79 Å². The van der Waals surface area contributed by atoms with Gasteiger partial charge in [0.05, 0.1) is 6.42 Å². The number of rotatable bonds is 2. The molecule has 3 N–H and O–H groups in total. The van der Waals surface area contributed by atoms with Crippen LogP contribution >= 0.6 is 0 Å². The fourth-order valence-electron chi connectivity index (χ4n) is 2.42. The normalized spacial score (nSPS) is 23.7. The van der Waals surface area contributed by atoms with E-state index in [0.29, 0.717) is 13.0 Å². The molecule has 0 spiro atoms. The van der Waals surface area contributed by atoms with E-state index in [9.17, 15) is 4.79 Å². The van der Waals surface area contributed by atoms with Crippen molar-refractivity contribution in [3.63, 3.8) is 0 Å². The van der Waals surface area contributed by atoms with Crippen LogP contribution in [0.15, 0.2) is 18.3 Å². The largest absolute Gasteiger partial charge is 0.365 e. The number of hydrogen-bond donors (Lipinski definition) is 2. The highest BCUT2D eigenvalue weighted by molar-refractivity contribution is 5.79. The zero-order valence-electron chi connectivity index (χ0n) is 10.6. The molecule has 1 aromatic rings. The van der Waals surface area contributed by atoms with E-state index in [1.807, 2.05) is 23.2 Å². The molecule has 1 fully saturated rings. The molecule has 1 saturated heterocycles. The number of amides is 1. The molecule has 2 rings (SSSR count). The summed E-state index contributed by atoms with van der Waals surface area (Å²) in [4.78, 5) is 17.3. The van der Waals surface area contributed by atoms with Crippen molar-refractivity contribution in [3.05, 3.63) is 24.0 Å². The molecule has 4 nitrogen and oxygen atoms in total. The zero-order chi connectivity index (χ0) is 12.5. The summed E-state index contributed by atoms with van der Waals surface area (Å²) in [5.74, 6) is 0.160. The third-order valence-electron chi connectivity index (χ3n) is 3.58. The number of nitrogens with one attached hydrogen (secondary N) is 1. The highest BCUT2D eigenvalue weighted by Gasteiger charge is 2.35. The summed E-state index contributed by atoms with van der Waals surface area (Å²) in [6.07, 6.45) is 4.25. The molecule has 1 aliphatic heterocycles. The third kappa shape index (κ3) is 2.69. The van der Waals surface area contributed by atoms with Gasteiger partial charge in [-0.05, 0) is 38.8 Å². The molecule has 0 bridgehead atoms. The fraction of sp³-hybridized carbons (Fsp3) is 0.615. The van der Waals surface area contributed by atoms with Gasteiger partial charge in [0.25, 0.3) is 0 Å². The topological polar surface area (TPSA) is 62.1 Å². The quantitative estimate of drug-likeness (QED) is 0.811. The van der Waals surface area contributed by atoms with Crippen molar-refractivity contribution in [3.8, 4) is 0 Å². The van der Waals surface area contributed by atoms with Crippen LogP contribution in [0.2, 0.25) is 0 Å². The van der Waals surface area contributed by atoms with Crippen molar-refractivity contribution in [2.24, 2.45) is 5.73 Å². The number of H-pyrrole nitrogens is 1. The number of carbonyl (C=O) groups excluding carboxylic acids is 1. The number of aromatic nitrogens is 1. The lowest BCUT2D eigenvalue weighted by Gasteiger charge is -2.44. The van der Waals surface area contributed by atoms with Crippen molar-refractivity contribution in [2.75, 3.05) is 6.54 Å². The second-order valence-electron chi connectivity index (χ2n) is 5.49. The first-order valence-electron chi connectivity index (χ1n) is 6.17. The maximum Gasteiger partial charge on any atom is 0.228 e. The maximum atomic E-state index is 12.3. The average molecular weight is 235 g/mol. The van der Waals surface area contributed by atoms with E-state index in [1.54, 1.807) is 0 Å². The maximum absolute atomic E-state index is 12.3. The van der Waals surface area contributed by atoms with Crippen molar-refractivity contribution < 1.29 is 4.79 Å². The van der Waals surface area contributed by atoms with Gasteiger partial charge in [-0.15, -0.1) is 0 Å². The Hall–Kier alpha value is -1.29. The number of carbonyl (C=O) groups is 1. The first-order chi connectivity index (χ1) is 7.99. The Morgan fingerprint density at radius 3 is 3.06 bits per heavy atom. The molecule has 1 aromatic heterocycles. The average Bonchev–Trinajstić information content (AvgIpc) is 2.74. The molecule has 94 valence electrons. The van der Waals surface area contributed by atoms with Crippen LogP contribution in [-0.2, 0) is 11.2 Å². The minimum Gasteiger partial charge on any atom is -0.365 e. The first kappa shape index (κ1) is 12.2. The van der Waals surface area contributed by atoms with Gasteiger partial charge in [-0.1, -0.05) is 0 Å². The Morgan fingerprint density at radius 1 is 1.65 bits per heavy atom. The van der Waals surface area contributed by atoms with E-state index < -0.39 is 0 Å². The highest BCUT2D eigenvalue weighted by Crippen LogP contribution is 2.27.